The van der Waals surface area contributed by atoms with Crippen molar-refractivity contribution in [3.63, 3.8) is 0 Å². The highest BCUT2D eigenvalue weighted by molar-refractivity contribution is 9.09. The van der Waals surface area contributed by atoms with Gasteiger partial charge >= 0.3 is 0 Å². The summed E-state index contributed by atoms with van der Waals surface area (Å²) in [4.78, 5) is 2.68. The molecule has 0 aromatic heterocycles. The van der Waals surface area contributed by atoms with Crippen LogP contribution in [0.1, 0.15) is 51.0 Å². The van der Waals surface area contributed by atoms with Crippen LogP contribution in [0, 0.1) is 5.41 Å². The summed E-state index contributed by atoms with van der Waals surface area (Å²) < 4.78 is 0. The van der Waals surface area contributed by atoms with Crippen LogP contribution in [0.5, 0.6) is 0 Å². The maximum Gasteiger partial charge on any atom is 0.0402 e. The van der Waals surface area contributed by atoms with Gasteiger partial charge in [0.25, 0.3) is 0 Å². The largest absolute Gasteiger partial charge is 0.368 e. The molecule has 0 bridgehead atoms. The summed E-state index contributed by atoms with van der Waals surface area (Å²) in [6.07, 6.45) is 9.69. The fraction of sp³-hybridized carbons (Fsp3) is 0.667. The van der Waals surface area contributed by atoms with E-state index >= 15 is 0 Å². The van der Waals surface area contributed by atoms with Gasteiger partial charge in [-0.25, -0.2) is 0 Å². The van der Waals surface area contributed by atoms with Crippen molar-refractivity contribution in [2.45, 2.75) is 57.9 Å². The number of anilines is 1. The molecule has 0 amide bonds. The molecule has 1 aliphatic heterocycles. The van der Waals surface area contributed by atoms with Gasteiger partial charge in [-0.2, -0.15) is 0 Å². The Morgan fingerprint density at radius 2 is 1.85 bits per heavy atom. The van der Waals surface area contributed by atoms with Crippen LogP contribution in [0.4, 0.5) is 5.69 Å². The molecule has 0 saturated heterocycles. The second-order valence-corrected chi connectivity index (χ2v) is 7.42. The van der Waals surface area contributed by atoms with Crippen molar-refractivity contribution >= 4 is 21.6 Å². The molecule has 20 heavy (non-hydrogen) atoms. The molecular formula is C18H26BrN. The van der Waals surface area contributed by atoms with E-state index in [2.05, 4.69) is 52.0 Å². The Morgan fingerprint density at radius 3 is 2.55 bits per heavy atom. The molecule has 110 valence electrons. The van der Waals surface area contributed by atoms with E-state index < -0.39 is 0 Å². The van der Waals surface area contributed by atoms with Crippen LogP contribution in [-0.4, -0.2) is 17.9 Å². The van der Waals surface area contributed by atoms with Crippen LogP contribution in [0.15, 0.2) is 24.3 Å². The van der Waals surface area contributed by atoms with E-state index in [9.17, 15) is 0 Å². The van der Waals surface area contributed by atoms with Crippen LogP contribution in [0.3, 0.4) is 0 Å². The summed E-state index contributed by atoms with van der Waals surface area (Å²) >= 11 is 3.84. The summed E-state index contributed by atoms with van der Waals surface area (Å²) in [6, 6.07) is 9.65. The summed E-state index contributed by atoms with van der Waals surface area (Å²) in [6.45, 7) is 3.62. The number of halogens is 1. The van der Waals surface area contributed by atoms with Crippen molar-refractivity contribution in [2.75, 3.05) is 16.8 Å². The van der Waals surface area contributed by atoms with Crippen molar-refractivity contribution in [2.24, 2.45) is 5.41 Å². The van der Waals surface area contributed by atoms with Crippen molar-refractivity contribution in [1.82, 2.24) is 0 Å². The van der Waals surface area contributed by atoms with Crippen molar-refractivity contribution in [3.05, 3.63) is 29.8 Å². The Morgan fingerprint density at radius 1 is 1.15 bits per heavy atom. The number of hydrogen-bond donors (Lipinski definition) is 0. The van der Waals surface area contributed by atoms with Gasteiger partial charge in [0, 0.05) is 23.6 Å². The lowest BCUT2D eigenvalue weighted by Crippen LogP contribution is -2.41. The summed E-state index contributed by atoms with van der Waals surface area (Å²) in [7, 11) is 0. The zero-order valence-corrected chi connectivity index (χ0v) is 14.2. The van der Waals surface area contributed by atoms with Gasteiger partial charge in [-0.3, -0.25) is 0 Å². The Bertz CT molecular complexity index is 448. The third-order valence-electron chi connectivity index (χ3n) is 5.30. The number of rotatable bonds is 3. The van der Waals surface area contributed by atoms with E-state index in [-0.39, 0.29) is 0 Å². The Balaban J connectivity index is 1.82. The van der Waals surface area contributed by atoms with Crippen LogP contribution < -0.4 is 4.90 Å². The predicted molar refractivity (Wildman–Crippen MR) is 90.9 cm³/mol. The van der Waals surface area contributed by atoms with Crippen LogP contribution in [0.25, 0.3) is 0 Å². The highest BCUT2D eigenvalue weighted by Crippen LogP contribution is 2.41. The normalized spacial score (nSPS) is 25.3. The average Bonchev–Trinajstić information content (AvgIpc) is 2.65. The summed E-state index contributed by atoms with van der Waals surface area (Å²) in [5.74, 6) is 0. The highest BCUT2D eigenvalue weighted by atomic mass is 79.9. The number of nitrogens with zero attached hydrogens (tertiary/aromatic N) is 1. The Kier molecular flexibility index (Phi) is 4.40. The standard InChI is InChI=1S/C18H26BrN/c1-15-12-16-8-4-5-9-17(16)20(15)14-18(13-19)10-6-2-3-7-11-18/h4-5,8-9,15H,2-3,6-7,10-14H2,1H3. The molecule has 1 fully saturated rings. The Labute approximate surface area is 131 Å². The second kappa shape index (κ2) is 6.09. The van der Waals surface area contributed by atoms with Crippen LogP contribution in [0.2, 0.25) is 0 Å². The highest BCUT2D eigenvalue weighted by Gasteiger charge is 2.36. The van der Waals surface area contributed by atoms with Crippen molar-refractivity contribution < 1.29 is 0 Å². The molecule has 1 unspecified atom stereocenters. The first kappa shape index (κ1) is 14.4. The number of benzene rings is 1. The third kappa shape index (κ3) is 2.77. The van der Waals surface area contributed by atoms with E-state index in [1.807, 2.05) is 0 Å². The molecule has 1 atom stereocenters. The minimum Gasteiger partial charge on any atom is -0.368 e. The molecular weight excluding hydrogens is 310 g/mol. The molecule has 0 radical (unpaired) electrons. The van der Waals surface area contributed by atoms with E-state index in [4.69, 9.17) is 0 Å². The second-order valence-electron chi connectivity index (χ2n) is 6.86. The molecule has 1 aromatic rings. The minimum atomic E-state index is 0.488. The molecule has 0 spiro atoms. The van der Waals surface area contributed by atoms with Crippen molar-refractivity contribution in [3.8, 4) is 0 Å². The van der Waals surface area contributed by atoms with Gasteiger partial charge in [-0.05, 0) is 43.2 Å². The van der Waals surface area contributed by atoms with Gasteiger partial charge in [-0.1, -0.05) is 59.8 Å². The maximum absolute atomic E-state index is 3.84. The van der Waals surface area contributed by atoms with Gasteiger partial charge in [0.05, 0.1) is 0 Å². The van der Waals surface area contributed by atoms with Crippen LogP contribution >= 0.6 is 15.9 Å². The maximum atomic E-state index is 3.84. The van der Waals surface area contributed by atoms with Gasteiger partial charge in [0.2, 0.25) is 0 Å². The van der Waals surface area contributed by atoms with Gasteiger partial charge in [0.15, 0.2) is 0 Å². The SMILES string of the molecule is CC1Cc2ccccc2N1CC1(CBr)CCCCCC1. The van der Waals surface area contributed by atoms with Gasteiger partial charge in [-0.15, -0.1) is 0 Å². The first-order chi connectivity index (χ1) is 9.74. The Hall–Kier alpha value is -0.500. The number of para-hydroxylation sites is 1. The molecule has 1 aromatic carbocycles. The minimum absolute atomic E-state index is 0.488. The number of fused-ring (bicyclic) bond motifs is 1. The zero-order valence-electron chi connectivity index (χ0n) is 12.6. The monoisotopic (exact) mass is 335 g/mol. The molecule has 3 rings (SSSR count). The van der Waals surface area contributed by atoms with Crippen LogP contribution in [-0.2, 0) is 6.42 Å². The molecule has 2 heteroatoms. The average molecular weight is 336 g/mol. The smallest absolute Gasteiger partial charge is 0.0402 e. The zero-order chi connectivity index (χ0) is 14.0. The predicted octanol–water partition coefficient (Wildman–Crippen LogP) is 5.17. The molecule has 2 aliphatic rings. The number of hydrogen-bond acceptors (Lipinski definition) is 1. The molecule has 1 saturated carbocycles. The first-order valence-electron chi connectivity index (χ1n) is 8.15. The van der Waals surface area contributed by atoms with Crippen molar-refractivity contribution in [1.29, 1.82) is 0 Å². The molecule has 0 N–H and O–H groups in total. The summed E-state index contributed by atoms with van der Waals surface area (Å²) in [5.41, 5.74) is 3.52. The molecule has 1 aliphatic carbocycles. The van der Waals surface area contributed by atoms with E-state index in [1.54, 1.807) is 5.56 Å². The quantitative estimate of drug-likeness (QED) is 0.543. The lowest BCUT2D eigenvalue weighted by atomic mass is 9.81. The first-order valence-corrected chi connectivity index (χ1v) is 9.27. The molecule has 1 heterocycles. The van der Waals surface area contributed by atoms with E-state index in [1.165, 1.54) is 57.2 Å². The molecule has 1 nitrogen and oxygen atoms in total. The van der Waals surface area contributed by atoms with Gasteiger partial charge in [0.1, 0.15) is 0 Å². The lowest BCUT2D eigenvalue weighted by Gasteiger charge is -2.38. The van der Waals surface area contributed by atoms with E-state index in [0.717, 1.165) is 5.33 Å². The van der Waals surface area contributed by atoms with E-state index in [0.29, 0.717) is 11.5 Å². The fourth-order valence-corrected chi connectivity index (χ4v) is 4.78. The summed E-state index contributed by atoms with van der Waals surface area (Å²) in [5, 5.41) is 1.16. The fourth-order valence-electron chi connectivity index (χ4n) is 4.04. The van der Waals surface area contributed by atoms with Gasteiger partial charge < -0.3 is 4.90 Å². The topological polar surface area (TPSA) is 3.24 Å². The lowest BCUT2D eigenvalue weighted by molar-refractivity contribution is 0.286. The third-order valence-corrected chi connectivity index (χ3v) is 6.49. The number of alkyl halides is 1.